The monoisotopic (exact) mass is 284 g/mol. The lowest BCUT2D eigenvalue weighted by Gasteiger charge is -2.06. The van der Waals surface area contributed by atoms with Crippen molar-refractivity contribution in [3.8, 4) is 11.4 Å². The van der Waals surface area contributed by atoms with Gasteiger partial charge in [0.05, 0.1) is 10.6 Å². The van der Waals surface area contributed by atoms with Crippen molar-refractivity contribution in [1.82, 2.24) is 14.5 Å². The van der Waals surface area contributed by atoms with Gasteiger partial charge in [0.1, 0.15) is 11.3 Å². The van der Waals surface area contributed by atoms with Gasteiger partial charge in [-0.3, -0.25) is 0 Å². The van der Waals surface area contributed by atoms with Crippen molar-refractivity contribution < 1.29 is 0 Å². The van der Waals surface area contributed by atoms with E-state index in [2.05, 4.69) is 22.5 Å². The maximum absolute atomic E-state index is 6.21. The number of hydrogen-bond donors (Lipinski definition) is 1. The summed E-state index contributed by atoms with van der Waals surface area (Å²) in [6.45, 7) is 2.15. The van der Waals surface area contributed by atoms with Crippen LogP contribution in [0.15, 0.2) is 24.4 Å². The van der Waals surface area contributed by atoms with Crippen LogP contribution in [0.2, 0.25) is 0 Å². The fourth-order valence-electron chi connectivity index (χ4n) is 2.61. The second-order valence-electron chi connectivity index (χ2n) is 5.23. The van der Waals surface area contributed by atoms with Crippen molar-refractivity contribution in [3.05, 3.63) is 29.3 Å². The average Bonchev–Trinajstić information content (AvgIpc) is 3.12. The Bertz CT molecular complexity index is 782. The highest BCUT2D eigenvalue weighted by Gasteiger charge is 2.30. The third-order valence-corrected chi connectivity index (χ3v) is 4.87. The summed E-state index contributed by atoms with van der Waals surface area (Å²) in [7, 11) is 0. The smallest absolute Gasteiger partial charge is 0.160 e. The number of pyridine rings is 1. The molecule has 0 aromatic carbocycles. The number of thiophene rings is 1. The summed E-state index contributed by atoms with van der Waals surface area (Å²) in [5, 5.41) is 0.860. The van der Waals surface area contributed by atoms with Gasteiger partial charge in [-0.1, -0.05) is 6.92 Å². The number of nitrogens with zero attached hydrogens (tertiary/aromatic N) is 3. The van der Waals surface area contributed by atoms with Crippen LogP contribution in [-0.4, -0.2) is 14.5 Å². The summed E-state index contributed by atoms with van der Waals surface area (Å²) in [6.07, 6.45) is 5.26. The summed E-state index contributed by atoms with van der Waals surface area (Å²) in [6, 6.07) is 6.67. The molecule has 1 aliphatic carbocycles. The SMILES string of the molecule is CCc1cc(-c2nc3cccnc3n2C2CC2)c(N)s1. The van der Waals surface area contributed by atoms with E-state index in [4.69, 9.17) is 10.7 Å². The molecule has 0 aliphatic heterocycles. The highest BCUT2D eigenvalue weighted by Crippen LogP contribution is 2.43. The highest BCUT2D eigenvalue weighted by molar-refractivity contribution is 7.16. The Morgan fingerprint density at radius 3 is 3.00 bits per heavy atom. The number of nitrogen functional groups attached to an aromatic ring is 1. The number of nitrogens with two attached hydrogens (primary N) is 1. The van der Waals surface area contributed by atoms with Crippen LogP contribution in [-0.2, 0) is 6.42 Å². The van der Waals surface area contributed by atoms with Crippen LogP contribution in [0.5, 0.6) is 0 Å². The number of anilines is 1. The first kappa shape index (κ1) is 11.9. The lowest BCUT2D eigenvalue weighted by atomic mass is 10.2. The van der Waals surface area contributed by atoms with Gasteiger partial charge in [-0.25, -0.2) is 9.97 Å². The Morgan fingerprint density at radius 2 is 2.30 bits per heavy atom. The molecule has 0 unspecified atom stereocenters. The molecule has 1 saturated carbocycles. The summed E-state index contributed by atoms with van der Waals surface area (Å²) in [5.74, 6) is 0.981. The summed E-state index contributed by atoms with van der Waals surface area (Å²) in [5.41, 5.74) is 9.21. The molecule has 4 rings (SSSR count). The third-order valence-electron chi connectivity index (χ3n) is 3.76. The van der Waals surface area contributed by atoms with Gasteiger partial charge >= 0.3 is 0 Å². The number of aromatic nitrogens is 3. The van der Waals surface area contributed by atoms with Crippen LogP contribution >= 0.6 is 11.3 Å². The Labute approximate surface area is 121 Å². The van der Waals surface area contributed by atoms with Crippen LogP contribution in [0, 0.1) is 0 Å². The molecular formula is C15H16N4S. The van der Waals surface area contributed by atoms with E-state index >= 15 is 0 Å². The Kier molecular flexibility index (Phi) is 2.57. The zero-order valence-electron chi connectivity index (χ0n) is 11.3. The molecule has 5 heteroatoms. The minimum absolute atomic E-state index is 0.536. The van der Waals surface area contributed by atoms with E-state index in [1.165, 1.54) is 17.7 Å². The van der Waals surface area contributed by atoms with E-state index in [9.17, 15) is 0 Å². The van der Waals surface area contributed by atoms with Crippen molar-refractivity contribution in [1.29, 1.82) is 0 Å². The lowest BCUT2D eigenvalue weighted by molar-refractivity contribution is 0.767. The molecule has 0 radical (unpaired) electrons. The molecule has 0 spiro atoms. The maximum atomic E-state index is 6.21. The Balaban J connectivity index is 1.98. The van der Waals surface area contributed by atoms with Crippen LogP contribution in [0.25, 0.3) is 22.6 Å². The van der Waals surface area contributed by atoms with E-state index in [1.807, 2.05) is 18.3 Å². The summed E-state index contributed by atoms with van der Waals surface area (Å²) < 4.78 is 2.27. The second kappa shape index (κ2) is 4.31. The van der Waals surface area contributed by atoms with E-state index in [1.54, 1.807) is 11.3 Å². The van der Waals surface area contributed by atoms with Crippen molar-refractivity contribution in [2.45, 2.75) is 32.2 Å². The molecule has 102 valence electrons. The standard InChI is InChI=1S/C15H16N4S/c1-2-10-8-11(13(16)20-10)14-18-12-4-3-7-17-15(12)19(14)9-5-6-9/h3-4,7-9H,2,5-6,16H2,1H3. The molecule has 0 bridgehead atoms. The molecule has 3 aromatic rings. The van der Waals surface area contributed by atoms with Crippen molar-refractivity contribution >= 4 is 27.5 Å². The van der Waals surface area contributed by atoms with Gasteiger partial charge in [-0.05, 0) is 37.5 Å². The number of rotatable bonds is 3. The number of aryl methyl sites for hydroxylation is 1. The van der Waals surface area contributed by atoms with Gasteiger partial charge in [0.2, 0.25) is 0 Å². The maximum Gasteiger partial charge on any atom is 0.160 e. The third kappa shape index (κ3) is 1.73. The predicted octanol–water partition coefficient (Wildman–Crippen LogP) is 3.64. The first-order valence-electron chi connectivity index (χ1n) is 6.99. The Hall–Kier alpha value is -1.88. The number of hydrogen-bond acceptors (Lipinski definition) is 4. The van der Waals surface area contributed by atoms with Crippen LogP contribution in [0.1, 0.15) is 30.7 Å². The van der Waals surface area contributed by atoms with Crippen LogP contribution < -0.4 is 5.73 Å². The molecule has 4 nitrogen and oxygen atoms in total. The fourth-order valence-corrected chi connectivity index (χ4v) is 3.47. The number of imidazole rings is 1. The zero-order chi connectivity index (χ0) is 13.7. The first-order valence-corrected chi connectivity index (χ1v) is 7.81. The molecule has 0 saturated heterocycles. The lowest BCUT2D eigenvalue weighted by Crippen LogP contribution is -1.99. The Morgan fingerprint density at radius 1 is 1.45 bits per heavy atom. The van der Waals surface area contributed by atoms with Gasteiger partial charge in [-0.15, -0.1) is 11.3 Å². The summed E-state index contributed by atoms with van der Waals surface area (Å²) >= 11 is 1.66. The van der Waals surface area contributed by atoms with Gasteiger partial charge in [-0.2, -0.15) is 0 Å². The topological polar surface area (TPSA) is 56.7 Å². The quantitative estimate of drug-likeness (QED) is 0.799. The van der Waals surface area contributed by atoms with Crippen LogP contribution in [0.4, 0.5) is 5.00 Å². The average molecular weight is 284 g/mol. The predicted molar refractivity (Wildman–Crippen MR) is 82.9 cm³/mol. The van der Waals surface area contributed by atoms with Crippen molar-refractivity contribution in [2.75, 3.05) is 5.73 Å². The van der Waals surface area contributed by atoms with Crippen molar-refractivity contribution in [3.63, 3.8) is 0 Å². The molecule has 0 amide bonds. The van der Waals surface area contributed by atoms with E-state index < -0.39 is 0 Å². The van der Waals surface area contributed by atoms with Crippen LogP contribution in [0.3, 0.4) is 0 Å². The summed E-state index contributed by atoms with van der Waals surface area (Å²) in [4.78, 5) is 10.6. The zero-order valence-corrected chi connectivity index (χ0v) is 12.2. The normalized spacial score (nSPS) is 15.1. The molecule has 3 aromatic heterocycles. The largest absolute Gasteiger partial charge is 0.390 e. The van der Waals surface area contributed by atoms with Gasteiger partial charge in [0.15, 0.2) is 5.65 Å². The first-order chi connectivity index (χ1) is 9.78. The van der Waals surface area contributed by atoms with E-state index in [0.29, 0.717) is 6.04 Å². The van der Waals surface area contributed by atoms with Gasteiger partial charge < -0.3 is 10.3 Å². The molecule has 0 atom stereocenters. The van der Waals surface area contributed by atoms with E-state index in [-0.39, 0.29) is 0 Å². The molecule has 2 N–H and O–H groups in total. The molecule has 1 fully saturated rings. The molecule has 3 heterocycles. The van der Waals surface area contributed by atoms with E-state index in [0.717, 1.165) is 34.0 Å². The fraction of sp³-hybridized carbons (Fsp3) is 0.333. The minimum atomic E-state index is 0.536. The minimum Gasteiger partial charge on any atom is -0.390 e. The molecule has 20 heavy (non-hydrogen) atoms. The molecule has 1 aliphatic rings. The highest BCUT2D eigenvalue weighted by atomic mass is 32.1. The molecular weight excluding hydrogens is 268 g/mol. The number of fused-ring (bicyclic) bond motifs is 1. The van der Waals surface area contributed by atoms with Gasteiger partial charge in [0, 0.05) is 17.1 Å². The second-order valence-corrected chi connectivity index (χ2v) is 6.40. The van der Waals surface area contributed by atoms with Crippen molar-refractivity contribution in [2.24, 2.45) is 0 Å². The van der Waals surface area contributed by atoms with Gasteiger partial charge in [0.25, 0.3) is 0 Å².